The minimum atomic E-state index is -3.71. The van der Waals surface area contributed by atoms with Gasteiger partial charge in [-0.3, -0.25) is 9.48 Å². The van der Waals surface area contributed by atoms with Gasteiger partial charge in [0.1, 0.15) is 11.3 Å². The number of fused-ring (bicyclic) bond motifs is 1. The minimum absolute atomic E-state index is 0.00724. The number of anilines is 3. The second-order valence-corrected chi connectivity index (χ2v) is 10.9. The second kappa shape index (κ2) is 8.66. The summed E-state index contributed by atoms with van der Waals surface area (Å²) < 4.78 is 53.8. The van der Waals surface area contributed by atoms with Gasteiger partial charge >= 0.3 is 0 Å². The molecular formula is C23H23F2N7O3S. The van der Waals surface area contributed by atoms with Crippen molar-refractivity contribution in [2.75, 3.05) is 16.9 Å². The van der Waals surface area contributed by atoms with Crippen molar-refractivity contribution in [1.82, 2.24) is 24.7 Å². The summed E-state index contributed by atoms with van der Waals surface area (Å²) in [4.78, 5) is 22.8. The van der Waals surface area contributed by atoms with Crippen LogP contribution in [0.5, 0.6) is 0 Å². The van der Waals surface area contributed by atoms with E-state index in [2.05, 4.69) is 30.7 Å². The maximum atomic E-state index is 13.4. The molecule has 3 aromatic heterocycles. The number of halogens is 2. The van der Waals surface area contributed by atoms with Gasteiger partial charge in [-0.05, 0) is 37.5 Å². The smallest absolute Gasteiger partial charge is 0.295 e. The van der Waals surface area contributed by atoms with Gasteiger partial charge in [-0.1, -0.05) is 6.07 Å². The fourth-order valence-corrected chi connectivity index (χ4v) is 4.82. The zero-order valence-corrected chi connectivity index (χ0v) is 20.4. The summed E-state index contributed by atoms with van der Waals surface area (Å²) in [6.45, 7) is 1.87. The van der Waals surface area contributed by atoms with Crippen LogP contribution in [0.4, 0.5) is 26.0 Å². The van der Waals surface area contributed by atoms with Crippen molar-refractivity contribution < 1.29 is 22.0 Å². The molecule has 0 atom stereocenters. The Labute approximate surface area is 205 Å². The van der Waals surface area contributed by atoms with Crippen molar-refractivity contribution in [1.29, 1.82) is 0 Å². The molecule has 0 radical (unpaired) electrons. The predicted molar refractivity (Wildman–Crippen MR) is 130 cm³/mol. The number of aromatic nitrogens is 5. The number of nitrogens with one attached hydrogen (secondary N) is 3. The third kappa shape index (κ3) is 4.65. The summed E-state index contributed by atoms with van der Waals surface area (Å²) in [5, 5.41) is 10.1. The van der Waals surface area contributed by atoms with Crippen LogP contribution in [-0.4, -0.2) is 45.3 Å². The Hall–Kier alpha value is -3.87. The predicted octanol–water partition coefficient (Wildman–Crippen LogP) is 4.10. The lowest BCUT2D eigenvalue weighted by Gasteiger charge is -2.14. The molecule has 1 aliphatic rings. The number of imidazole rings is 1. The highest BCUT2D eigenvalue weighted by molar-refractivity contribution is 7.90. The van der Waals surface area contributed by atoms with Gasteiger partial charge in [0.15, 0.2) is 21.3 Å². The summed E-state index contributed by atoms with van der Waals surface area (Å²) in [6.07, 6.45) is 1.58. The number of aryl methyl sites for hydroxylation is 2. The molecule has 1 aromatic carbocycles. The molecule has 10 nitrogen and oxygen atoms in total. The molecule has 13 heteroatoms. The summed E-state index contributed by atoms with van der Waals surface area (Å²) in [7, 11) is -1.94. The first kappa shape index (κ1) is 23.9. The highest BCUT2D eigenvalue weighted by atomic mass is 32.2. The van der Waals surface area contributed by atoms with Crippen LogP contribution < -0.4 is 10.6 Å². The Balaban J connectivity index is 1.60. The molecule has 1 amide bonds. The molecule has 0 aliphatic heterocycles. The number of amides is 1. The SMILES string of the molecule is Cc1cn(C)nc1-c1ccc(Nc2cc(NC(=O)C3CC3)nc3nc(C(F)F)[nH]c23)c(S(C)(=O)=O)c1. The maximum absolute atomic E-state index is 13.4. The molecule has 1 fully saturated rings. The number of hydrogen-bond donors (Lipinski definition) is 3. The van der Waals surface area contributed by atoms with Gasteiger partial charge in [0, 0.05) is 37.0 Å². The van der Waals surface area contributed by atoms with Crippen LogP contribution in [0, 0.1) is 12.8 Å². The number of alkyl halides is 2. The third-order valence-corrected chi connectivity index (χ3v) is 6.96. The maximum Gasteiger partial charge on any atom is 0.295 e. The number of carbonyl (C=O) groups is 1. The molecule has 36 heavy (non-hydrogen) atoms. The van der Waals surface area contributed by atoms with E-state index in [-0.39, 0.29) is 45.1 Å². The molecule has 0 spiro atoms. The Morgan fingerprint density at radius 2 is 1.94 bits per heavy atom. The quantitative estimate of drug-likeness (QED) is 0.337. The molecule has 0 unspecified atom stereocenters. The van der Waals surface area contributed by atoms with Crippen LogP contribution in [-0.2, 0) is 21.7 Å². The van der Waals surface area contributed by atoms with Gasteiger partial charge in [-0.15, -0.1) is 0 Å². The average molecular weight is 516 g/mol. The van der Waals surface area contributed by atoms with E-state index in [1.54, 1.807) is 23.9 Å². The normalized spacial score (nSPS) is 13.9. The van der Waals surface area contributed by atoms with Crippen LogP contribution in [0.1, 0.15) is 30.7 Å². The Morgan fingerprint density at radius 1 is 1.19 bits per heavy atom. The fraction of sp³-hybridized carbons (Fsp3) is 0.304. The molecule has 3 heterocycles. The number of carbonyl (C=O) groups excluding carboxylic acids is 1. The molecular weight excluding hydrogens is 492 g/mol. The largest absolute Gasteiger partial charge is 0.353 e. The van der Waals surface area contributed by atoms with E-state index in [1.165, 1.54) is 12.1 Å². The number of sulfone groups is 1. The number of nitrogens with zero attached hydrogens (tertiary/aromatic N) is 4. The van der Waals surface area contributed by atoms with E-state index in [9.17, 15) is 22.0 Å². The molecule has 0 saturated heterocycles. The van der Waals surface area contributed by atoms with Crippen molar-refractivity contribution in [3.8, 4) is 11.3 Å². The van der Waals surface area contributed by atoms with Crippen molar-refractivity contribution in [2.24, 2.45) is 13.0 Å². The molecule has 1 saturated carbocycles. The summed E-state index contributed by atoms with van der Waals surface area (Å²) in [5.74, 6) is -0.787. The molecule has 5 rings (SSSR count). The fourth-order valence-electron chi connectivity index (χ4n) is 3.96. The topological polar surface area (TPSA) is 135 Å². The number of rotatable bonds is 7. The highest BCUT2D eigenvalue weighted by Crippen LogP contribution is 2.35. The zero-order chi connectivity index (χ0) is 25.8. The van der Waals surface area contributed by atoms with Gasteiger partial charge in [-0.2, -0.15) is 5.10 Å². The van der Waals surface area contributed by atoms with Gasteiger partial charge in [0.25, 0.3) is 6.43 Å². The van der Waals surface area contributed by atoms with E-state index >= 15 is 0 Å². The van der Waals surface area contributed by atoms with Crippen LogP contribution in [0.3, 0.4) is 0 Å². The number of benzene rings is 1. The highest BCUT2D eigenvalue weighted by Gasteiger charge is 2.30. The van der Waals surface area contributed by atoms with E-state index in [0.29, 0.717) is 11.3 Å². The first-order valence-electron chi connectivity index (χ1n) is 11.1. The molecule has 188 valence electrons. The van der Waals surface area contributed by atoms with Crippen LogP contribution in [0.25, 0.3) is 22.4 Å². The van der Waals surface area contributed by atoms with Gasteiger partial charge in [0.05, 0.1) is 22.0 Å². The summed E-state index contributed by atoms with van der Waals surface area (Å²) >= 11 is 0. The lowest BCUT2D eigenvalue weighted by atomic mass is 10.1. The van der Waals surface area contributed by atoms with Crippen molar-refractivity contribution >= 4 is 44.1 Å². The van der Waals surface area contributed by atoms with Crippen LogP contribution in [0.15, 0.2) is 35.4 Å². The lowest BCUT2D eigenvalue weighted by molar-refractivity contribution is -0.117. The van der Waals surface area contributed by atoms with E-state index in [1.807, 2.05) is 13.1 Å². The monoisotopic (exact) mass is 515 g/mol. The van der Waals surface area contributed by atoms with Crippen molar-refractivity contribution in [3.63, 3.8) is 0 Å². The molecule has 3 N–H and O–H groups in total. The number of aromatic amines is 1. The summed E-state index contributed by atoms with van der Waals surface area (Å²) in [5.41, 5.74) is 2.69. The van der Waals surface area contributed by atoms with Gasteiger partial charge < -0.3 is 15.6 Å². The first-order valence-corrected chi connectivity index (χ1v) is 13.0. The Bertz CT molecular complexity index is 1610. The Kier molecular flexibility index (Phi) is 5.74. The molecule has 1 aliphatic carbocycles. The number of H-pyrrole nitrogens is 1. The van der Waals surface area contributed by atoms with E-state index < -0.39 is 22.1 Å². The van der Waals surface area contributed by atoms with Crippen molar-refractivity contribution in [3.05, 3.63) is 41.9 Å². The molecule has 0 bridgehead atoms. The minimum Gasteiger partial charge on any atom is -0.353 e. The molecule has 4 aromatic rings. The lowest BCUT2D eigenvalue weighted by Crippen LogP contribution is -2.14. The van der Waals surface area contributed by atoms with Crippen molar-refractivity contribution in [2.45, 2.75) is 31.1 Å². The van der Waals surface area contributed by atoms with Gasteiger partial charge in [0.2, 0.25) is 5.91 Å². The zero-order valence-electron chi connectivity index (χ0n) is 19.6. The average Bonchev–Trinajstić information content (AvgIpc) is 3.47. The number of pyridine rings is 1. The second-order valence-electron chi connectivity index (χ2n) is 8.88. The van der Waals surface area contributed by atoms with E-state index in [4.69, 9.17) is 0 Å². The van der Waals surface area contributed by atoms with Gasteiger partial charge in [-0.25, -0.2) is 27.2 Å². The standard InChI is InChI=1S/C23H23F2N7O3S/c1-11-10-32(2)31-18(11)13-6-7-14(16(8-13)36(3,34)35)26-15-9-17(28-23(33)12-4-5-12)27-21-19(15)29-22(30-21)20(24)25/h6-10,12,20H,4-5H2,1-3H3,(H3,26,27,28,29,30,33). The Morgan fingerprint density at radius 3 is 2.56 bits per heavy atom. The summed E-state index contributed by atoms with van der Waals surface area (Å²) in [6, 6.07) is 6.27. The number of hydrogen-bond acceptors (Lipinski definition) is 7. The third-order valence-electron chi connectivity index (χ3n) is 5.82. The first-order chi connectivity index (χ1) is 17.0. The van der Waals surface area contributed by atoms with E-state index in [0.717, 1.165) is 24.7 Å². The van der Waals surface area contributed by atoms with Crippen LogP contribution in [0.2, 0.25) is 0 Å². The van der Waals surface area contributed by atoms with Crippen LogP contribution >= 0.6 is 0 Å².